The highest BCUT2D eigenvalue weighted by atomic mass is 32.1. The van der Waals surface area contributed by atoms with Gasteiger partial charge in [0.15, 0.2) is 6.29 Å². The number of fused-ring (bicyclic) bond motifs is 3. The van der Waals surface area contributed by atoms with Gasteiger partial charge in [0.25, 0.3) is 0 Å². The van der Waals surface area contributed by atoms with Crippen LogP contribution in [0, 0.1) is 0 Å². The standard InChI is InChI=1S/C31H26OS3/c32-13-22-24-17-5-7-18(8-6-17)25(24)30(34-22)31-27-20-11-9-19(10-12-20)26(27)29(35-31)28-23-16-3-1-15(2-4-16)21(23)14-33-28/h1,3,5,7,9,11,13-20H,2,4,6,8,10,12H2. The van der Waals surface area contributed by atoms with Gasteiger partial charge in [-0.3, -0.25) is 4.79 Å². The zero-order valence-corrected chi connectivity index (χ0v) is 21.9. The van der Waals surface area contributed by atoms with Gasteiger partial charge in [0.05, 0.1) is 4.88 Å². The van der Waals surface area contributed by atoms with Crippen molar-refractivity contribution < 1.29 is 4.79 Å². The minimum Gasteiger partial charge on any atom is -0.297 e. The summed E-state index contributed by atoms with van der Waals surface area (Å²) in [6.07, 6.45) is 23.5. The first-order chi connectivity index (χ1) is 17.3. The topological polar surface area (TPSA) is 17.1 Å². The minimum atomic E-state index is 0.443. The molecule has 0 aromatic carbocycles. The molecule has 0 spiro atoms. The number of thiophene rings is 3. The lowest BCUT2D eigenvalue weighted by Gasteiger charge is -2.34. The molecule has 6 bridgehead atoms. The van der Waals surface area contributed by atoms with Crippen molar-refractivity contribution in [3.8, 4) is 19.5 Å². The van der Waals surface area contributed by atoms with Crippen LogP contribution in [0.15, 0.2) is 41.8 Å². The summed E-state index contributed by atoms with van der Waals surface area (Å²) in [5, 5.41) is 2.48. The lowest BCUT2D eigenvalue weighted by atomic mass is 9.69. The first-order valence-electron chi connectivity index (χ1n) is 13.3. The molecule has 6 unspecified atom stereocenters. The van der Waals surface area contributed by atoms with E-state index in [0.29, 0.717) is 35.5 Å². The SMILES string of the molecule is O=Cc1sc(-c2sc(-c3scc4c3C3C=CC4CC3)c3c2C2C=CC3CC2)c2c1C1C=CC2CC1. The van der Waals surface area contributed by atoms with E-state index in [1.165, 1.54) is 59.4 Å². The zero-order chi connectivity index (χ0) is 22.8. The molecule has 0 amide bonds. The summed E-state index contributed by atoms with van der Waals surface area (Å²) in [4.78, 5) is 19.3. The molecule has 3 aromatic heterocycles. The van der Waals surface area contributed by atoms with E-state index in [9.17, 15) is 4.79 Å². The number of carbonyl (C=O) groups is 1. The van der Waals surface area contributed by atoms with Gasteiger partial charge in [-0.2, -0.15) is 0 Å². The summed E-state index contributed by atoms with van der Waals surface area (Å²) >= 11 is 5.88. The van der Waals surface area contributed by atoms with E-state index in [4.69, 9.17) is 0 Å². The molecule has 9 aliphatic rings. The Morgan fingerprint density at radius 3 is 1.57 bits per heavy atom. The van der Waals surface area contributed by atoms with E-state index in [1.807, 2.05) is 11.3 Å². The van der Waals surface area contributed by atoms with Gasteiger partial charge in [0.1, 0.15) is 0 Å². The van der Waals surface area contributed by atoms with E-state index >= 15 is 0 Å². The van der Waals surface area contributed by atoms with Crippen LogP contribution in [-0.4, -0.2) is 6.29 Å². The number of carbonyl (C=O) groups excluding carboxylic acids is 1. The molecule has 35 heavy (non-hydrogen) atoms. The van der Waals surface area contributed by atoms with Crippen LogP contribution in [-0.2, 0) is 0 Å². The average Bonchev–Trinajstić information content (AvgIpc) is 3.66. The molecule has 0 fully saturated rings. The third-order valence-corrected chi connectivity index (χ3v) is 13.4. The van der Waals surface area contributed by atoms with Gasteiger partial charge in [-0.05, 0) is 77.3 Å². The van der Waals surface area contributed by atoms with Crippen LogP contribution in [0.4, 0.5) is 0 Å². The fourth-order valence-electron chi connectivity index (χ4n) is 8.16. The lowest BCUT2D eigenvalue weighted by Crippen LogP contribution is -2.18. The van der Waals surface area contributed by atoms with Gasteiger partial charge in [-0.15, -0.1) is 34.0 Å². The van der Waals surface area contributed by atoms with Crippen LogP contribution >= 0.6 is 34.0 Å². The van der Waals surface area contributed by atoms with Crippen molar-refractivity contribution >= 4 is 40.3 Å². The highest BCUT2D eigenvalue weighted by Crippen LogP contribution is 2.62. The highest BCUT2D eigenvalue weighted by molar-refractivity contribution is 7.27. The summed E-state index contributed by atoms with van der Waals surface area (Å²) < 4.78 is 0. The van der Waals surface area contributed by atoms with Crippen LogP contribution in [0.5, 0.6) is 0 Å². The monoisotopic (exact) mass is 510 g/mol. The molecule has 0 aliphatic heterocycles. The fourth-order valence-corrected chi connectivity index (χ4v) is 12.4. The van der Waals surface area contributed by atoms with E-state index in [0.717, 1.165) is 11.2 Å². The average molecular weight is 511 g/mol. The molecule has 0 saturated carbocycles. The fraction of sp³-hybridized carbons (Fsp3) is 0.387. The van der Waals surface area contributed by atoms with Crippen molar-refractivity contribution in [1.29, 1.82) is 0 Å². The van der Waals surface area contributed by atoms with Gasteiger partial charge >= 0.3 is 0 Å². The third-order valence-electron chi connectivity index (χ3n) is 9.72. The van der Waals surface area contributed by atoms with E-state index < -0.39 is 0 Å². The lowest BCUT2D eigenvalue weighted by molar-refractivity contribution is 0.112. The van der Waals surface area contributed by atoms with Crippen molar-refractivity contribution in [2.75, 3.05) is 0 Å². The summed E-state index contributed by atoms with van der Waals surface area (Å²) in [5.74, 6) is 3.26. The molecule has 3 aromatic rings. The quantitative estimate of drug-likeness (QED) is 0.253. The van der Waals surface area contributed by atoms with E-state index in [1.54, 1.807) is 43.3 Å². The molecule has 3 heterocycles. The summed E-state index contributed by atoms with van der Waals surface area (Å²) in [5.41, 5.74) is 9.41. The predicted octanol–water partition coefficient (Wildman–Crippen LogP) is 9.61. The molecule has 174 valence electrons. The maximum absolute atomic E-state index is 12.2. The smallest absolute Gasteiger partial charge is 0.160 e. The minimum absolute atomic E-state index is 0.443. The molecule has 0 N–H and O–H groups in total. The molecule has 9 aliphatic carbocycles. The van der Waals surface area contributed by atoms with Crippen LogP contribution in [0.1, 0.15) is 117 Å². The van der Waals surface area contributed by atoms with Crippen molar-refractivity contribution in [3.63, 3.8) is 0 Å². The molecule has 4 heteroatoms. The van der Waals surface area contributed by atoms with Crippen LogP contribution < -0.4 is 0 Å². The van der Waals surface area contributed by atoms with Crippen LogP contribution in [0.2, 0.25) is 0 Å². The maximum atomic E-state index is 12.2. The van der Waals surface area contributed by atoms with Gasteiger partial charge in [-0.25, -0.2) is 0 Å². The Bertz CT molecular complexity index is 1520. The van der Waals surface area contributed by atoms with Crippen LogP contribution in [0.3, 0.4) is 0 Å². The Hall–Kier alpha value is -2.01. The Balaban J connectivity index is 1.31. The van der Waals surface area contributed by atoms with Gasteiger partial charge in [0.2, 0.25) is 0 Å². The second kappa shape index (κ2) is 7.06. The molecular weight excluding hydrogens is 485 g/mol. The summed E-state index contributed by atoms with van der Waals surface area (Å²) in [7, 11) is 0. The second-order valence-corrected chi connectivity index (χ2v) is 14.2. The zero-order valence-electron chi connectivity index (χ0n) is 19.5. The first-order valence-corrected chi connectivity index (χ1v) is 15.8. The Kier molecular flexibility index (Phi) is 4.05. The Labute approximate surface area is 217 Å². The van der Waals surface area contributed by atoms with E-state index in [2.05, 4.69) is 53.2 Å². The van der Waals surface area contributed by atoms with Crippen LogP contribution in [0.25, 0.3) is 19.5 Å². The molecule has 12 rings (SSSR count). The predicted molar refractivity (Wildman–Crippen MR) is 148 cm³/mol. The Morgan fingerprint density at radius 1 is 0.543 bits per heavy atom. The number of allylic oxidation sites excluding steroid dienone is 6. The first kappa shape index (κ1) is 20.1. The van der Waals surface area contributed by atoms with Crippen molar-refractivity contribution in [2.24, 2.45) is 0 Å². The number of hydrogen-bond acceptors (Lipinski definition) is 4. The number of hydrogen-bond donors (Lipinski definition) is 0. The van der Waals surface area contributed by atoms with E-state index in [-0.39, 0.29) is 0 Å². The Morgan fingerprint density at radius 2 is 1.00 bits per heavy atom. The normalized spacial score (nSPS) is 32.2. The van der Waals surface area contributed by atoms with Crippen molar-refractivity contribution in [2.45, 2.75) is 74.0 Å². The molecule has 1 nitrogen and oxygen atoms in total. The number of aldehydes is 1. The van der Waals surface area contributed by atoms with Crippen molar-refractivity contribution in [1.82, 2.24) is 0 Å². The third kappa shape index (κ3) is 2.51. The largest absolute Gasteiger partial charge is 0.297 e. The molecule has 0 radical (unpaired) electrons. The van der Waals surface area contributed by atoms with Gasteiger partial charge in [0, 0.05) is 55.0 Å². The molecule has 0 saturated heterocycles. The maximum Gasteiger partial charge on any atom is 0.160 e. The van der Waals surface area contributed by atoms with Gasteiger partial charge < -0.3 is 0 Å². The van der Waals surface area contributed by atoms with Crippen molar-refractivity contribution in [3.05, 3.63) is 80.1 Å². The number of rotatable bonds is 3. The van der Waals surface area contributed by atoms with Gasteiger partial charge in [-0.1, -0.05) is 36.5 Å². The highest BCUT2D eigenvalue weighted by Gasteiger charge is 2.42. The second-order valence-electron chi connectivity index (χ2n) is 11.3. The summed E-state index contributed by atoms with van der Waals surface area (Å²) in [6.45, 7) is 0. The molecular formula is C31H26OS3. The molecule has 6 atom stereocenters. The summed E-state index contributed by atoms with van der Waals surface area (Å²) in [6, 6.07) is 0.